The molecule has 0 aliphatic rings. The van der Waals surface area contributed by atoms with Crippen molar-refractivity contribution in [1.82, 2.24) is 0 Å². The summed E-state index contributed by atoms with van der Waals surface area (Å²) in [6.07, 6.45) is 0. The molecular formula is C18H19NO5. The molecule has 6 nitrogen and oxygen atoms in total. The summed E-state index contributed by atoms with van der Waals surface area (Å²) < 4.78 is 0. The number of carboxylic acid groups (broad SMARTS) is 1. The Bertz CT molecular complexity index is 781. The Morgan fingerprint density at radius 3 is 2.04 bits per heavy atom. The van der Waals surface area contributed by atoms with E-state index in [2.05, 4.69) is 0 Å². The number of ketones is 1. The number of carboxylic acids is 1. The number of aromatic carboxylic acids is 1. The zero-order valence-corrected chi connectivity index (χ0v) is 13.5. The van der Waals surface area contributed by atoms with Gasteiger partial charge < -0.3 is 20.2 Å². The molecule has 0 saturated heterocycles. The first kappa shape index (κ1) is 17.3. The minimum atomic E-state index is -1.22. The van der Waals surface area contributed by atoms with E-state index in [1.54, 1.807) is 11.0 Å². The van der Waals surface area contributed by atoms with Gasteiger partial charge in [0.25, 0.3) is 0 Å². The van der Waals surface area contributed by atoms with E-state index in [1.807, 2.05) is 13.8 Å². The summed E-state index contributed by atoms with van der Waals surface area (Å²) in [7, 11) is 0. The molecule has 0 aromatic heterocycles. The largest absolute Gasteiger partial charge is 0.506 e. The molecule has 24 heavy (non-hydrogen) atoms. The summed E-state index contributed by atoms with van der Waals surface area (Å²) in [5.41, 5.74) is -0.0436. The maximum Gasteiger partial charge on any atom is 0.336 e. The molecule has 0 aliphatic heterocycles. The van der Waals surface area contributed by atoms with Crippen molar-refractivity contribution in [1.29, 1.82) is 0 Å². The number of phenolic OH excluding ortho intramolecular Hbond substituents is 2. The van der Waals surface area contributed by atoms with Crippen molar-refractivity contribution in [2.45, 2.75) is 13.8 Å². The van der Waals surface area contributed by atoms with Crippen molar-refractivity contribution in [2.75, 3.05) is 18.0 Å². The SMILES string of the molecule is CCN(CC)c1c(O)ccc(C(=O)c2ccccc2C(=O)O)c1O. The van der Waals surface area contributed by atoms with Crippen LogP contribution in [0.2, 0.25) is 0 Å². The number of nitrogens with zero attached hydrogens (tertiary/aromatic N) is 1. The molecule has 0 amide bonds. The summed E-state index contributed by atoms with van der Waals surface area (Å²) in [5.74, 6) is -2.33. The highest BCUT2D eigenvalue weighted by atomic mass is 16.4. The van der Waals surface area contributed by atoms with E-state index in [0.717, 1.165) is 0 Å². The minimum absolute atomic E-state index is 0.0171. The summed E-state index contributed by atoms with van der Waals surface area (Å²) in [4.78, 5) is 25.7. The predicted molar refractivity (Wildman–Crippen MR) is 90.2 cm³/mol. The molecule has 2 rings (SSSR count). The lowest BCUT2D eigenvalue weighted by Crippen LogP contribution is -2.22. The molecule has 0 fully saturated rings. The molecule has 2 aromatic rings. The van der Waals surface area contributed by atoms with Crippen LogP contribution >= 0.6 is 0 Å². The zero-order chi connectivity index (χ0) is 17.9. The van der Waals surface area contributed by atoms with E-state index >= 15 is 0 Å². The molecule has 0 atom stereocenters. The molecule has 0 bridgehead atoms. The summed E-state index contributed by atoms with van der Waals surface area (Å²) in [6.45, 7) is 4.77. The fourth-order valence-electron chi connectivity index (χ4n) is 2.62. The standard InChI is InChI=1S/C18H19NO5/c1-3-19(4-2)15-14(20)10-9-13(17(15)22)16(21)11-7-5-6-8-12(11)18(23)24/h5-10,20,22H,3-4H2,1-2H3,(H,23,24). The number of rotatable bonds is 6. The molecule has 0 aliphatic carbocycles. The topological polar surface area (TPSA) is 98.1 Å². The zero-order valence-electron chi connectivity index (χ0n) is 13.5. The maximum atomic E-state index is 12.7. The second kappa shape index (κ2) is 7.04. The van der Waals surface area contributed by atoms with Gasteiger partial charge >= 0.3 is 5.97 Å². The average Bonchev–Trinajstić information content (AvgIpc) is 2.58. The van der Waals surface area contributed by atoms with Gasteiger partial charge in [-0.25, -0.2) is 4.79 Å². The Balaban J connectivity index is 2.60. The lowest BCUT2D eigenvalue weighted by molar-refractivity contribution is 0.0692. The Morgan fingerprint density at radius 2 is 1.50 bits per heavy atom. The average molecular weight is 329 g/mol. The van der Waals surface area contributed by atoms with Crippen LogP contribution in [0.5, 0.6) is 11.5 Å². The number of carbonyl (C=O) groups is 2. The van der Waals surface area contributed by atoms with Gasteiger partial charge in [0.15, 0.2) is 11.5 Å². The van der Waals surface area contributed by atoms with Crippen LogP contribution < -0.4 is 4.90 Å². The third-order valence-electron chi connectivity index (χ3n) is 3.86. The quantitative estimate of drug-likeness (QED) is 0.705. The van der Waals surface area contributed by atoms with Crippen LogP contribution in [0.1, 0.15) is 40.1 Å². The molecular weight excluding hydrogens is 310 g/mol. The molecule has 3 N–H and O–H groups in total. The van der Waals surface area contributed by atoms with E-state index in [4.69, 9.17) is 0 Å². The number of hydrogen-bond acceptors (Lipinski definition) is 5. The lowest BCUT2D eigenvalue weighted by Gasteiger charge is -2.24. The van der Waals surface area contributed by atoms with Crippen LogP contribution in [-0.2, 0) is 0 Å². The molecule has 0 spiro atoms. The molecule has 2 aromatic carbocycles. The molecule has 0 saturated carbocycles. The van der Waals surface area contributed by atoms with Crippen LogP contribution in [0.25, 0.3) is 0 Å². The van der Waals surface area contributed by atoms with E-state index in [9.17, 15) is 24.9 Å². The van der Waals surface area contributed by atoms with Crippen LogP contribution in [0.3, 0.4) is 0 Å². The van der Waals surface area contributed by atoms with Crippen molar-refractivity contribution < 1.29 is 24.9 Å². The van der Waals surface area contributed by atoms with E-state index < -0.39 is 11.8 Å². The number of aromatic hydroxyl groups is 2. The van der Waals surface area contributed by atoms with Crippen LogP contribution in [0.15, 0.2) is 36.4 Å². The number of carbonyl (C=O) groups excluding carboxylic acids is 1. The highest BCUT2D eigenvalue weighted by molar-refractivity contribution is 6.16. The fourth-order valence-corrected chi connectivity index (χ4v) is 2.62. The van der Waals surface area contributed by atoms with Gasteiger partial charge in [0, 0.05) is 18.7 Å². The number of anilines is 1. The number of benzene rings is 2. The van der Waals surface area contributed by atoms with Crippen molar-refractivity contribution in [3.05, 3.63) is 53.1 Å². The Morgan fingerprint density at radius 1 is 0.917 bits per heavy atom. The Labute approximate surface area is 139 Å². The maximum absolute atomic E-state index is 12.7. The van der Waals surface area contributed by atoms with Crippen LogP contribution in [0.4, 0.5) is 5.69 Å². The van der Waals surface area contributed by atoms with Gasteiger partial charge in [-0.1, -0.05) is 18.2 Å². The van der Waals surface area contributed by atoms with Crippen molar-refractivity contribution in [3.63, 3.8) is 0 Å². The monoisotopic (exact) mass is 329 g/mol. The van der Waals surface area contributed by atoms with E-state index in [0.29, 0.717) is 13.1 Å². The van der Waals surface area contributed by atoms with Crippen molar-refractivity contribution in [2.24, 2.45) is 0 Å². The van der Waals surface area contributed by atoms with Crippen molar-refractivity contribution >= 4 is 17.4 Å². The number of phenols is 2. The number of hydrogen-bond donors (Lipinski definition) is 3. The summed E-state index contributed by atoms with van der Waals surface area (Å²) in [6, 6.07) is 8.43. The van der Waals surface area contributed by atoms with E-state index in [-0.39, 0.29) is 33.9 Å². The normalized spacial score (nSPS) is 10.4. The molecule has 6 heteroatoms. The lowest BCUT2D eigenvalue weighted by atomic mass is 9.97. The fraction of sp³-hybridized carbons (Fsp3) is 0.222. The summed E-state index contributed by atoms with van der Waals surface area (Å²) in [5, 5.41) is 29.8. The first-order valence-electron chi connectivity index (χ1n) is 7.59. The Hall–Kier alpha value is -3.02. The molecule has 126 valence electrons. The van der Waals surface area contributed by atoms with Gasteiger partial charge in [-0.15, -0.1) is 0 Å². The first-order chi connectivity index (χ1) is 11.4. The van der Waals surface area contributed by atoms with Gasteiger partial charge in [-0.05, 0) is 32.0 Å². The summed E-state index contributed by atoms with van der Waals surface area (Å²) >= 11 is 0. The molecule has 0 heterocycles. The van der Waals surface area contributed by atoms with Crippen molar-refractivity contribution in [3.8, 4) is 11.5 Å². The highest BCUT2D eigenvalue weighted by Crippen LogP contribution is 2.40. The van der Waals surface area contributed by atoms with Crippen LogP contribution in [0, 0.1) is 0 Å². The Kier molecular flexibility index (Phi) is 5.08. The third kappa shape index (κ3) is 3.03. The van der Waals surface area contributed by atoms with E-state index in [1.165, 1.54) is 30.3 Å². The second-order valence-corrected chi connectivity index (χ2v) is 5.18. The first-order valence-corrected chi connectivity index (χ1v) is 7.59. The van der Waals surface area contributed by atoms with Gasteiger partial charge in [-0.3, -0.25) is 4.79 Å². The highest BCUT2D eigenvalue weighted by Gasteiger charge is 2.24. The van der Waals surface area contributed by atoms with Gasteiger partial charge in [0.1, 0.15) is 11.4 Å². The van der Waals surface area contributed by atoms with Gasteiger partial charge in [0.05, 0.1) is 11.1 Å². The van der Waals surface area contributed by atoms with Crippen LogP contribution in [-0.4, -0.2) is 40.2 Å². The smallest absolute Gasteiger partial charge is 0.336 e. The third-order valence-corrected chi connectivity index (χ3v) is 3.86. The predicted octanol–water partition coefficient (Wildman–Crippen LogP) is 2.87. The minimum Gasteiger partial charge on any atom is -0.506 e. The van der Waals surface area contributed by atoms with Gasteiger partial charge in [0.2, 0.25) is 0 Å². The van der Waals surface area contributed by atoms with Gasteiger partial charge in [-0.2, -0.15) is 0 Å². The molecule has 0 unspecified atom stereocenters. The molecule has 0 radical (unpaired) electrons. The second-order valence-electron chi connectivity index (χ2n) is 5.18.